The van der Waals surface area contributed by atoms with E-state index in [1.807, 2.05) is 13.8 Å². The van der Waals surface area contributed by atoms with Gasteiger partial charge in [0.2, 0.25) is 5.91 Å². The molecule has 0 bridgehead atoms. The van der Waals surface area contributed by atoms with Crippen molar-refractivity contribution in [3.8, 4) is 0 Å². The Hall–Kier alpha value is -0.870. The second kappa shape index (κ2) is 7.54. The first-order valence-corrected chi connectivity index (χ1v) is 7.30. The molecule has 1 unspecified atom stereocenters. The first-order valence-electron chi connectivity index (χ1n) is 6.49. The first kappa shape index (κ1) is 15.2. The second-order valence-corrected chi connectivity index (χ2v) is 5.75. The SMILES string of the molecule is CCC(CC)C(=O)NCC(OC)c1ccc(C)s1. The summed E-state index contributed by atoms with van der Waals surface area (Å²) >= 11 is 1.72. The zero-order valence-corrected chi connectivity index (χ0v) is 12.5. The summed E-state index contributed by atoms with van der Waals surface area (Å²) in [6.45, 7) is 6.71. The average Bonchev–Trinajstić information content (AvgIpc) is 2.78. The van der Waals surface area contributed by atoms with E-state index >= 15 is 0 Å². The molecule has 18 heavy (non-hydrogen) atoms. The Kier molecular flexibility index (Phi) is 6.36. The van der Waals surface area contributed by atoms with Crippen LogP contribution < -0.4 is 5.32 Å². The Morgan fingerprint density at radius 1 is 1.39 bits per heavy atom. The maximum absolute atomic E-state index is 11.9. The molecule has 0 spiro atoms. The number of carbonyl (C=O) groups excluding carboxylic acids is 1. The largest absolute Gasteiger partial charge is 0.374 e. The fraction of sp³-hybridized carbons (Fsp3) is 0.643. The Bertz CT molecular complexity index is 372. The van der Waals surface area contributed by atoms with Crippen LogP contribution in [0.1, 0.15) is 42.5 Å². The zero-order chi connectivity index (χ0) is 13.5. The third kappa shape index (κ3) is 4.10. The van der Waals surface area contributed by atoms with E-state index in [1.54, 1.807) is 18.4 Å². The monoisotopic (exact) mass is 269 g/mol. The minimum atomic E-state index is -0.0398. The maximum Gasteiger partial charge on any atom is 0.223 e. The van der Waals surface area contributed by atoms with Gasteiger partial charge in [0.1, 0.15) is 6.10 Å². The number of hydrogen-bond acceptors (Lipinski definition) is 3. The molecule has 1 N–H and O–H groups in total. The van der Waals surface area contributed by atoms with Crippen LogP contribution in [0.25, 0.3) is 0 Å². The second-order valence-electron chi connectivity index (χ2n) is 4.43. The van der Waals surface area contributed by atoms with Gasteiger partial charge >= 0.3 is 0 Å². The molecule has 0 aliphatic heterocycles. The lowest BCUT2D eigenvalue weighted by atomic mass is 10.0. The van der Waals surface area contributed by atoms with Crippen molar-refractivity contribution >= 4 is 17.2 Å². The van der Waals surface area contributed by atoms with Crippen molar-refractivity contribution in [1.82, 2.24) is 5.32 Å². The molecule has 0 radical (unpaired) electrons. The van der Waals surface area contributed by atoms with Crippen LogP contribution in [-0.2, 0) is 9.53 Å². The van der Waals surface area contributed by atoms with Crippen molar-refractivity contribution in [1.29, 1.82) is 0 Å². The van der Waals surface area contributed by atoms with Crippen molar-refractivity contribution in [2.24, 2.45) is 5.92 Å². The molecule has 0 saturated heterocycles. The van der Waals surface area contributed by atoms with E-state index in [0.29, 0.717) is 6.54 Å². The first-order chi connectivity index (χ1) is 8.62. The Morgan fingerprint density at radius 3 is 2.50 bits per heavy atom. The van der Waals surface area contributed by atoms with Gasteiger partial charge in [-0.3, -0.25) is 4.79 Å². The molecule has 0 aliphatic rings. The predicted molar refractivity (Wildman–Crippen MR) is 75.9 cm³/mol. The maximum atomic E-state index is 11.9. The molecule has 1 amide bonds. The van der Waals surface area contributed by atoms with Crippen LogP contribution in [-0.4, -0.2) is 19.6 Å². The molecule has 0 fully saturated rings. The van der Waals surface area contributed by atoms with Gasteiger partial charge < -0.3 is 10.1 Å². The van der Waals surface area contributed by atoms with Gasteiger partial charge in [-0.25, -0.2) is 0 Å². The summed E-state index contributed by atoms with van der Waals surface area (Å²) in [5.74, 6) is 0.253. The number of amides is 1. The van der Waals surface area contributed by atoms with Crippen molar-refractivity contribution in [3.63, 3.8) is 0 Å². The smallest absolute Gasteiger partial charge is 0.223 e. The third-order valence-corrected chi connectivity index (χ3v) is 4.27. The Labute approximate surface area is 114 Å². The summed E-state index contributed by atoms with van der Waals surface area (Å²) in [6.07, 6.45) is 1.73. The molecule has 0 aliphatic carbocycles. The molecule has 1 aromatic rings. The Morgan fingerprint density at radius 2 is 2.06 bits per heavy atom. The van der Waals surface area contributed by atoms with Crippen LogP contribution in [0.4, 0.5) is 0 Å². The van der Waals surface area contributed by atoms with Crippen LogP contribution in [0.5, 0.6) is 0 Å². The zero-order valence-electron chi connectivity index (χ0n) is 11.7. The van der Waals surface area contributed by atoms with Gasteiger partial charge in [-0.1, -0.05) is 13.8 Å². The number of hydrogen-bond donors (Lipinski definition) is 1. The summed E-state index contributed by atoms with van der Waals surface area (Å²) < 4.78 is 5.44. The number of carbonyl (C=O) groups is 1. The van der Waals surface area contributed by atoms with Crippen LogP contribution in [0, 0.1) is 12.8 Å². The molecule has 0 saturated carbocycles. The van der Waals surface area contributed by atoms with Crippen molar-refractivity contribution in [3.05, 3.63) is 21.9 Å². The van der Waals surface area contributed by atoms with Crippen molar-refractivity contribution in [2.75, 3.05) is 13.7 Å². The summed E-state index contributed by atoms with van der Waals surface area (Å²) in [4.78, 5) is 14.3. The summed E-state index contributed by atoms with van der Waals surface area (Å²) in [6, 6.07) is 4.15. The molecular weight excluding hydrogens is 246 g/mol. The molecular formula is C14H23NO2S. The van der Waals surface area contributed by atoms with E-state index in [1.165, 1.54) is 9.75 Å². The van der Waals surface area contributed by atoms with Crippen LogP contribution in [0.15, 0.2) is 12.1 Å². The van der Waals surface area contributed by atoms with E-state index in [9.17, 15) is 4.79 Å². The van der Waals surface area contributed by atoms with E-state index in [-0.39, 0.29) is 17.9 Å². The van der Waals surface area contributed by atoms with Gasteiger partial charge in [-0.15, -0.1) is 11.3 Å². The lowest BCUT2D eigenvalue weighted by molar-refractivity contribution is -0.125. The quantitative estimate of drug-likeness (QED) is 0.825. The van der Waals surface area contributed by atoms with Crippen LogP contribution in [0.3, 0.4) is 0 Å². The molecule has 1 rings (SSSR count). The molecule has 1 heterocycles. The standard InChI is InChI=1S/C14H23NO2S/c1-5-11(6-2)14(16)15-9-12(17-4)13-8-7-10(3)18-13/h7-8,11-12H,5-6,9H2,1-4H3,(H,15,16). The Balaban J connectivity index is 2.52. The minimum Gasteiger partial charge on any atom is -0.374 e. The van der Waals surface area contributed by atoms with E-state index in [2.05, 4.69) is 24.4 Å². The van der Waals surface area contributed by atoms with Crippen molar-refractivity contribution in [2.45, 2.75) is 39.7 Å². The topological polar surface area (TPSA) is 38.3 Å². The van der Waals surface area contributed by atoms with Gasteiger partial charge in [0, 0.05) is 29.3 Å². The molecule has 1 atom stereocenters. The number of aryl methyl sites for hydroxylation is 1. The summed E-state index contributed by atoms with van der Waals surface area (Å²) in [7, 11) is 1.68. The van der Waals surface area contributed by atoms with Crippen molar-refractivity contribution < 1.29 is 9.53 Å². The number of methoxy groups -OCH3 is 1. The number of nitrogens with one attached hydrogen (secondary N) is 1. The molecule has 4 heteroatoms. The summed E-state index contributed by atoms with van der Waals surface area (Å²) in [5, 5.41) is 2.99. The van der Waals surface area contributed by atoms with E-state index in [0.717, 1.165) is 12.8 Å². The summed E-state index contributed by atoms with van der Waals surface area (Å²) in [5.41, 5.74) is 0. The number of thiophene rings is 1. The lowest BCUT2D eigenvalue weighted by Crippen LogP contribution is -2.33. The normalized spacial score (nSPS) is 12.7. The van der Waals surface area contributed by atoms with Crippen LogP contribution >= 0.6 is 11.3 Å². The van der Waals surface area contributed by atoms with Gasteiger partial charge in [-0.05, 0) is 31.9 Å². The highest BCUT2D eigenvalue weighted by molar-refractivity contribution is 7.12. The lowest BCUT2D eigenvalue weighted by Gasteiger charge is -2.17. The van der Waals surface area contributed by atoms with Gasteiger partial charge in [0.05, 0.1) is 0 Å². The van der Waals surface area contributed by atoms with E-state index in [4.69, 9.17) is 4.74 Å². The van der Waals surface area contributed by atoms with Gasteiger partial charge in [0.15, 0.2) is 0 Å². The highest BCUT2D eigenvalue weighted by Crippen LogP contribution is 2.24. The third-order valence-electron chi connectivity index (χ3n) is 3.18. The molecule has 3 nitrogen and oxygen atoms in total. The highest BCUT2D eigenvalue weighted by atomic mass is 32.1. The molecule has 102 valence electrons. The molecule has 0 aromatic carbocycles. The average molecular weight is 269 g/mol. The fourth-order valence-corrected chi connectivity index (χ4v) is 2.88. The van der Waals surface area contributed by atoms with E-state index < -0.39 is 0 Å². The number of ether oxygens (including phenoxy) is 1. The molecule has 1 aromatic heterocycles. The van der Waals surface area contributed by atoms with Gasteiger partial charge in [-0.2, -0.15) is 0 Å². The number of rotatable bonds is 7. The van der Waals surface area contributed by atoms with Crippen LogP contribution in [0.2, 0.25) is 0 Å². The van der Waals surface area contributed by atoms with Gasteiger partial charge in [0.25, 0.3) is 0 Å². The highest BCUT2D eigenvalue weighted by Gasteiger charge is 2.17. The minimum absolute atomic E-state index is 0.0398. The predicted octanol–water partition coefficient (Wildman–Crippen LogP) is 3.30. The fourth-order valence-electron chi connectivity index (χ4n) is 1.92.